The molecule has 9 nitrogen and oxygen atoms in total. The molecule has 0 bridgehead atoms. The summed E-state index contributed by atoms with van der Waals surface area (Å²) in [5.41, 5.74) is 0.799. The van der Waals surface area contributed by atoms with Crippen LogP contribution in [-0.4, -0.2) is 48.0 Å². The number of imide groups is 1. The molecule has 2 aromatic carbocycles. The molecule has 2 aromatic rings. The molecule has 0 aromatic heterocycles. The molecule has 1 N–H and O–H groups in total. The highest BCUT2D eigenvalue weighted by Gasteiger charge is 2.55. The molecule has 3 amide bonds. The number of anilines is 2. The number of fused-ring (bicyclic) bond motifs is 1. The number of ether oxygens (including phenoxy) is 1. The van der Waals surface area contributed by atoms with Crippen molar-refractivity contribution < 1.29 is 23.5 Å². The topological polar surface area (TPSA) is 104 Å². The van der Waals surface area contributed by atoms with Crippen molar-refractivity contribution in [3.05, 3.63) is 54.3 Å². The number of nitrogens with one attached hydrogen (secondary N) is 1. The normalized spacial score (nSPS) is 19.9. The molecular formula is C20H18FN5O4. The fourth-order valence-electron chi connectivity index (χ4n) is 3.35. The quantitative estimate of drug-likeness (QED) is 0.734. The van der Waals surface area contributed by atoms with Gasteiger partial charge in [-0.3, -0.25) is 19.4 Å². The second-order valence-corrected chi connectivity index (χ2v) is 6.69. The third-order valence-corrected chi connectivity index (χ3v) is 4.70. The summed E-state index contributed by atoms with van der Waals surface area (Å²) in [5.74, 6) is -1.34. The molecule has 154 valence electrons. The monoisotopic (exact) mass is 411 g/mol. The Kier molecular flexibility index (Phi) is 5.13. The number of amides is 3. The lowest BCUT2D eigenvalue weighted by Crippen LogP contribution is -2.43. The molecule has 2 heterocycles. The van der Waals surface area contributed by atoms with Gasteiger partial charge in [-0.2, -0.15) is 5.11 Å². The third-order valence-electron chi connectivity index (χ3n) is 4.70. The average molecular weight is 411 g/mol. The van der Waals surface area contributed by atoms with E-state index in [0.717, 1.165) is 17.0 Å². The van der Waals surface area contributed by atoms with Gasteiger partial charge >= 0.3 is 0 Å². The average Bonchev–Trinajstić information content (AvgIpc) is 3.24. The van der Waals surface area contributed by atoms with Crippen LogP contribution in [0.1, 0.15) is 6.92 Å². The summed E-state index contributed by atoms with van der Waals surface area (Å²) in [7, 11) is 0. The van der Waals surface area contributed by atoms with Gasteiger partial charge in [-0.1, -0.05) is 5.22 Å². The second-order valence-electron chi connectivity index (χ2n) is 6.69. The molecule has 2 aliphatic rings. The smallest absolute Gasteiger partial charge is 0.263 e. The molecule has 2 atom stereocenters. The van der Waals surface area contributed by atoms with Gasteiger partial charge in [0.25, 0.3) is 11.8 Å². The molecule has 0 saturated carbocycles. The molecule has 0 unspecified atom stereocenters. The van der Waals surface area contributed by atoms with Gasteiger partial charge in [0.1, 0.15) is 18.1 Å². The van der Waals surface area contributed by atoms with E-state index in [4.69, 9.17) is 4.74 Å². The van der Waals surface area contributed by atoms with Gasteiger partial charge in [0.05, 0.1) is 12.3 Å². The Morgan fingerprint density at radius 2 is 1.80 bits per heavy atom. The number of hydrogen-bond acceptors (Lipinski definition) is 7. The van der Waals surface area contributed by atoms with E-state index >= 15 is 0 Å². The van der Waals surface area contributed by atoms with Crippen molar-refractivity contribution in [3.63, 3.8) is 0 Å². The molecule has 0 spiro atoms. The summed E-state index contributed by atoms with van der Waals surface area (Å²) in [6.07, 6.45) is 0. The summed E-state index contributed by atoms with van der Waals surface area (Å²) in [6, 6.07) is 9.80. The van der Waals surface area contributed by atoms with E-state index < -0.39 is 35.6 Å². The fraction of sp³-hybridized carbons (Fsp3) is 0.250. The van der Waals surface area contributed by atoms with Gasteiger partial charge in [-0.05, 0) is 55.5 Å². The molecule has 0 aliphatic carbocycles. The molecule has 10 heteroatoms. The van der Waals surface area contributed by atoms with Gasteiger partial charge in [-0.15, -0.1) is 0 Å². The Labute approximate surface area is 171 Å². The maximum Gasteiger partial charge on any atom is 0.263 e. The first-order valence-corrected chi connectivity index (χ1v) is 9.31. The number of nitrogens with zero attached hydrogens (tertiary/aromatic N) is 4. The number of hydrogen-bond donors (Lipinski definition) is 1. The Hall–Kier alpha value is -3.82. The van der Waals surface area contributed by atoms with Crippen LogP contribution in [0, 0.1) is 5.82 Å². The highest BCUT2D eigenvalue weighted by atomic mass is 19.1. The minimum Gasteiger partial charge on any atom is -0.494 e. The summed E-state index contributed by atoms with van der Waals surface area (Å²) >= 11 is 0. The van der Waals surface area contributed by atoms with Crippen LogP contribution in [0.15, 0.2) is 58.9 Å². The first kappa shape index (κ1) is 19.5. The predicted molar refractivity (Wildman–Crippen MR) is 104 cm³/mol. The maximum atomic E-state index is 13.2. The predicted octanol–water partition coefficient (Wildman–Crippen LogP) is 2.16. The van der Waals surface area contributed by atoms with Crippen molar-refractivity contribution in [1.29, 1.82) is 0 Å². The summed E-state index contributed by atoms with van der Waals surface area (Å²) in [6.45, 7) is 2.16. The van der Waals surface area contributed by atoms with Crippen molar-refractivity contribution in [1.82, 2.24) is 5.01 Å². The second kappa shape index (κ2) is 7.90. The van der Waals surface area contributed by atoms with Crippen LogP contribution in [-0.2, 0) is 14.4 Å². The SMILES string of the molecule is CCOc1ccc(NC(=O)CN2N=N[C@@H]3C(=O)N(c4ccc(F)cc4)C(=O)[C@H]32)cc1. The van der Waals surface area contributed by atoms with E-state index in [9.17, 15) is 18.8 Å². The van der Waals surface area contributed by atoms with E-state index in [1.54, 1.807) is 24.3 Å². The first-order chi connectivity index (χ1) is 14.5. The minimum atomic E-state index is -1.03. The highest BCUT2D eigenvalue weighted by molar-refractivity contribution is 6.25. The van der Waals surface area contributed by atoms with E-state index in [0.29, 0.717) is 18.0 Å². The first-order valence-electron chi connectivity index (χ1n) is 9.31. The van der Waals surface area contributed by atoms with Gasteiger partial charge in [0.2, 0.25) is 5.91 Å². The third kappa shape index (κ3) is 3.59. The Bertz CT molecular complexity index is 1010. The van der Waals surface area contributed by atoms with Crippen LogP contribution in [0.25, 0.3) is 0 Å². The number of rotatable bonds is 6. The van der Waals surface area contributed by atoms with Crippen LogP contribution in [0.2, 0.25) is 0 Å². The molecule has 4 rings (SSSR count). The maximum absolute atomic E-state index is 13.2. The van der Waals surface area contributed by atoms with Crippen LogP contribution < -0.4 is 15.0 Å². The molecule has 2 aliphatic heterocycles. The Morgan fingerprint density at radius 1 is 1.10 bits per heavy atom. The van der Waals surface area contributed by atoms with Crippen LogP contribution in [0.3, 0.4) is 0 Å². The largest absolute Gasteiger partial charge is 0.494 e. The van der Waals surface area contributed by atoms with Gasteiger partial charge in [0, 0.05) is 5.69 Å². The fourth-order valence-corrected chi connectivity index (χ4v) is 3.35. The number of benzene rings is 2. The van der Waals surface area contributed by atoms with E-state index in [1.807, 2.05) is 6.92 Å². The van der Waals surface area contributed by atoms with Gasteiger partial charge in [-0.25, -0.2) is 9.29 Å². The molecule has 1 saturated heterocycles. The molecule has 1 fully saturated rings. The van der Waals surface area contributed by atoms with Crippen LogP contribution in [0.5, 0.6) is 5.75 Å². The van der Waals surface area contributed by atoms with Gasteiger partial charge in [0.15, 0.2) is 12.1 Å². The van der Waals surface area contributed by atoms with Crippen LogP contribution >= 0.6 is 0 Å². The number of carbonyl (C=O) groups is 3. The van der Waals surface area contributed by atoms with Crippen molar-refractivity contribution >= 4 is 29.1 Å². The standard InChI is InChI=1S/C20H18FN5O4/c1-2-30-15-9-5-13(6-10-15)22-16(27)11-25-18-17(23-24-25)19(28)26(20(18)29)14-7-3-12(21)4-8-14/h3-10,17-18H,2,11H2,1H3,(H,22,27)/t17-,18-/m0/s1. The zero-order valence-corrected chi connectivity index (χ0v) is 16.0. The Balaban J connectivity index is 1.43. The van der Waals surface area contributed by atoms with E-state index in [1.165, 1.54) is 17.1 Å². The van der Waals surface area contributed by atoms with Gasteiger partial charge < -0.3 is 10.1 Å². The Morgan fingerprint density at radius 3 is 2.47 bits per heavy atom. The van der Waals surface area contributed by atoms with Crippen molar-refractivity contribution in [3.8, 4) is 5.75 Å². The van der Waals surface area contributed by atoms with Crippen molar-refractivity contribution in [2.24, 2.45) is 10.3 Å². The number of carbonyl (C=O) groups excluding carboxylic acids is 3. The van der Waals surface area contributed by atoms with E-state index in [-0.39, 0.29) is 12.2 Å². The minimum absolute atomic E-state index is 0.245. The zero-order chi connectivity index (χ0) is 21.3. The summed E-state index contributed by atoms with van der Waals surface area (Å²) in [4.78, 5) is 38.8. The van der Waals surface area contributed by atoms with Crippen molar-refractivity contribution in [2.45, 2.75) is 19.0 Å². The van der Waals surface area contributed by atoms with Crippen molar-refractivity contribution in [2.75, 3.05) is 23.4 Å². The highest BCUT2D eigenvalue weighted by Crippen LogP contribution is 2.31. The molecule has 30 heavy (non-hydrogen) atoms. The summed E-state index contributed by atoms with van der Waals surface area (Å²) < 4.78 is 18.5. The zero-order valence-electron chi connectivity index (χ0n) is 16.0. The van der Waals surface area contributed by atoms with E-state index in [2.05, 4.69) is 15.7 Å². The summed E-state index contributed by atoms with van der Waals surface area (Å²) in [5, 5.41) is 11.6. The lowest BCUT2D eigenvalue weighted by atomic mass is 10.1. The lowest BCUT2D eigenvalue weighted by molar-refractivity contribution is -0.123. The van der Waals surface area contributed by atoms with Crippen LogP contribution in [0.4, 0.5) is 15.8 Å². The molecular weight excluding hydrogens is 393 g/mol. The number of halogens is 1. The lowest BCUT2D eigenvalue weighted by Gasteiger charge is -2.20. The molecule has 0 radical (unpaired) electrons.